The van der Waals surface area contributed by atoms with Gasteiger partial charge >= 0.3 is 0 Å². The van der Waals surface area contributed by atoms with Crippen molar-refractivity contribution in [1.82, 2.24) is 4.98 Å². The van der Waals surface area contributed by atoms with Gasteiger partial charge in [0.2, 0.25) is 0 Å². The fraction of sp³-hybridized carbons (Fsp3) is 0.0870. The molecule has 2 N–H and O–H groups in total. The summed E-state index contributed by atoms with van der Waals surface area (Å²) in [7, 11) is 0. The van der Waals surface area contributed by atoms with Crippen LogP contribution in [0.1, 0.15) is 5.56 Å². The van der Waals surface area contributed by atoms with Crippen LogP contribution in [-0.4, -0.2) is 16.7 Å². The summed E-state index contributed by atoms with van der Waals surface area (Å²) in [6.07, 6.45) is 2.48. The van der Waals surface area contributed by atoms with Gasteiger partial charge in [0.15, 0.2) is 0 Å². The Hall–Kier alpha value is -2.88. The first kappa shape index (κ1) is 17.5. The van der Waals surface area contributed by atoms with E-state index in [1.165, 1.54) is 0 Å². The average Bonchev–Trinajstić information content (AvgIpc) is 2.70. The largest absolute Gasteiger partial charge is 0.396 e. The van der Waals surface area contributed by atoms with Crippen molar-refractivity contribution in [3.63, 3.8) is 0 Å². The molecule has 4 aromatic rings. The maximum absolute atomic E-state index is 9.05. The van der Waals surface area contributed by atoms with Crippen molar-refractivity contribution in [2.45, 2.75) is 6.42 Å². The highest BCUT2D eigenvalue weighted by molar-refractivity contribution is 6.30. The number of halogens is 1. The van der Waals surface area contributed by atoms with Gasteiger partial charge in [-0.1, -0.05) is 41.9 Å². The van der Waals surface area contributed by atoms with Crippen LogP contribution in [0.3, 0.4) is 0 Å². The van der Waals surface area contributed by atoms with Crippen molar-refractivity contribution in [3.05, 3.63) is 89.6 Å². The van der Waals surface area contributed by atoms with Crippen molar-refractivity contribution in [2.75, 3.05) is 11.9 Å². The van der Waals surface area contributed by atoms with Gasteiger partial charge < -0.3 is 10.4 Å². The number of nitrogens with one attached hydrogen (secondary N) is 1. The van der Waals surface area contributed by atoms with E-state index < -0.39 is 0 Å². The molecule has 4 rings (SSSR count). The van der Waals surface area contributed by atoms with E-state index in [4.69, 9.17) is 16.7 Å². The number of hydrogen-bond donors (Lipinski definition) is 2. The summed E-state index contributed by atoms with van der Waals surface area (Å²) in [4.78, 5) is 4.48. The van der Waals surface area contributed by atoms with Gasteiger partial charge in [-0.05, 0) is 65.6 Å². The first-order valence-corrected chi connectivity index (χ1v) is 9.22. The third-order valence-corrected chi connectivity index (χ3v) is 4.80. The lowest BCUT2D eigenvalue weighted by Crippen LogP contribution is -1.95. The Morgan fingerprint density at radius 2 is 1.59 bits per heavy atom. The van der Waals surface area contributed by atoms with Crippen molar-refractivity contribution in [3.8, 4) is 11.1 Å². The molecule has 0 bridgehead atoms. The summed E-state index contributed by atoms with van der Waals surface area (Å²) in [5.41, 5.74) is 6.30. The average molecular weight is 375 g/mol. The van der Waals surface area contributed by atoms with Crippen LogP contribution < -0.4 is 5.32 Å². The summed E-state index contributed by atoms with van der Waals surface area (Å²) in [5.74, 6) is 0. The molecular weight excluding hydrogens is 356 g/mol. The zero-order valence-electron chi connectivity index (χ0n) is 14.7. The monoisotopic (exact) mass is 374 g/mol. The number of hydrogen-bond acceptors (Lipinski definition) is 3. The van der Waals surface area contributed by atoms with E-state index in [0.717, 1.165) is 44.0 Å². The lowest BCUT2D eigenvalue weighted by molar-refractivity contribution is 0.299. The second-order valence-corrected chi connectivity index (χ2v) is 6.83. The highest BCUT2D eigenvalue weighted by atomic mass is 35.5. The molecule has 0 aliphatic heterocycles. The summed E-state index contributed by atoms with van der Waals surface area (Å²) in [6.45, 7) is 0.162. The van der Waals surface area contributed by atoms with Gasteiger partial charge in [-0.3, -0.25) is 4.98 Å². The molecule has 27 heavy (non-hydrogen) atoms. The van der Waals surface area contributed by atoms with E-state index in [-0.39, 0.29) is 6.61 Å². The van der Waals surface area contributed by atoms with Crippen LogP contribution in [0.25, 0.3) is 22.0 Å². The Morgan fingerprint density at radius 3 is 2.33 bits per heavy atom. The molecule has 3 nitrogen and oxygen atoms in total. The predicted octanol–water partition coefficient (Wildman–Crippen LogP) is 5.83. The lowest BCUT2D eigenvalue weighted by Gasteiger charge is -2.11. The quantitative estimate of drug-likeness (QED) is 0.461. The van der Waals surface area contributed by atoms with Crippen molar-refractivity contribution in [2.24, 2.45) is 0 Å². The first-order valence-electron chi connectivity index (χ1n) is 8.84. The van der Waals surface area contributed by atoms with E-state index in [1.807, 2.05) is 66.9 Å². The molecule has 1 aromatic heterocycles. The summed E-state index contributed by atoms with van der Waals surface area (Å²) < 4.78 is 0. The predicted molar refractivity (Wildman–Crippen MR) is 113 cm³/mol. The number of anilines is 2. The third-order valence-electron chi connectivity index (χ3n) is 4.55. The molecule has 1 heterocycles. The van der Waals surface area contributed by atoms with Crippen LogP contribution in [0.5, 0.6) is 0 Å². The minimum absolute atomic E-state index is 0.162. The van der Waals surface area contributed by atoms with Crippen LogP contribution in [0.2, 0.25) is 5.02 Å². The molecule has 134 valence electrons. The second-order valence-electron chi connectivity index (χ2n) is 6.39. The Balaban J connectivity index is 1.69. The van der Waals surface area contributed by atoms with E-state index in [0.29, 0.717) is 6.42 Å². The van der Waals surface area contributed by atoms with Gasteiger partial charge in [-0.2, -0.15) is 0 Å². The molecule has 4 heteroatoms. The number of benzene rings is 3. The van der Waals surface area contributed by atoms with Crippen molar-refractivity contribution in [1.29, 1.82) is 0 Å². The number of pyridine rings is 1. The minimum atomic E-state index is 0.162. The van der Waals surface area contributed by atoms with E-state index >= 15 is 0 Å². The molecular formula is C23H19ClN2O. The third kappa shape index (κ3) is 3.95. The highest BCUT2D eigenvalue weighted by Gasteiger charge is 2.06. The SMILES string of the molecule is OCCc1ccc(Nc2ccnc3ccc(-c4ccc(Cl)cc4)cc23)cc1. The first-order chi connectivity index (χ1) is 13.2. The van der Waals surface area contributed by atoms with Crippen LogP contribution in [0.15, 0.2) is 79.0 Å². The van der Waals surface area contributed by atoms with Gasteiger partial charge in [0.05, 0.1) is 5.52 Å². The molecule has 0 radical (unpaired) electrons. The number of aliphatic hydroxyl groups excluding tert-OH is 1. The fourth-order valence-corrected chi connectivity index (χ4v) is 3.24. The van der Waals surface area contributed by atoms with Gasteiger partial charge in [0, 0.05) is 34.6 Å². The smallest absolute Gasteiger partial charge is 0.0723 e. The maximum atomic E-state index is 9.05. The topological polar surface area (TPSA) is 45.1 Å². The van der Waals surface area contributed by atoms with E-state index in [9.17, 15) is 0 Å². The Bertz CT molecular complexity index is 1060. The Kier molecular flexibility index (Phi) is 5.05. The molecule has 0 unspecified atom stereocenters. The Labute approximate surface area is 163 Å². The molecule has 0 saturated heterocycles. The van der Waals surface area contributed by atoms with Crippen LogP contribution in [0.4, 0.5) is 11.4 Å². The number of rotatable bonds is 5. The van der Waals surface area contributed by atoms with Crippen LogP contribution >= 0.6 is 11.6 Å². The standard InChI is InChI=1S/C23H19ClN2O/c24-19-6-3-17(4-7-19)18-5-10-22-21(15-18)23(11-13-25-22)26-20-8-1-16(2-9-20)12-14-27/h1-11,13,15,27H,12,14H2,(H,25,26). The number of nitrogens with zero attached hydrogens (tertiary/aromatic N) is 1. The zero-order valence-corrected chi connectivity index (χ0v) is 15.4. The van der Waals surface area contributed by atoms with Crippen LogP contribution in [-0.2, 0) is 6.42 Å². The number of fused-ring (bicyclic) bond motifs is 1. The number of aliphatic hydroxyl groups is 1. The molecule has 0 saturated carbocycles. The summed E-state index contributed by atoms with van der Waals surface area (Å²) in [6, 6.07) is 24.2. The highest BCUT2D eigenvalue weighted by Crippen LogP contribution is 2.30. The molecule has 0 atom stereocenters. The Morgan fingerprint density at radius 1 is 0.852 bits per heavy atom. The zero-order chi connectivity index (χ0) is 18.6. The van der Waals surface area contributed by atoms with Crippen molar-refractivity contribution < 1.29 is 5.11 Å². The van der Waals surface area contributed by atoms with E-state index in [1.54, 1.807) is 0 Å². The molecule has 3 aromatic carbocycles. The van der Waals surface area contributed by atoms with Gasteiger partial charge in [0.25, 0.3) is 0 Å². The van der Waals surface area contributed by atoms with Gasteiger partial charge in [-0.15, -0.1) is 0 Å². The lowest BCUT2D eigenvalue weighted by atomic mass is 10.0. The van der Waals surface area contributed by atoms with E-state index in [2.05, 4.69) is 22.4 Å². The summed E-state index contributed by atoms with van der Waals surface area (Å²) >= 11 is 6.01. The summed E-state index contributed by atoms with van der Waals surface area (Å²) in [5, 5.41) is 14.3. The maximum Gasteiger partial charge on any atom is 0.0723 e. The minimum Gasteiger partial charge on any atom is -0.396 e. The molecule has 0 aliphatic rings. The normalized spacial score (nSPS) is 10.9. The van der Waals surface area contributed by atoms with Gasteiger partial charge in [-0.25, -0.2) is 0 Å². The van der Waals surface area contributed by atoms with Crippen LogP contribution in [0, 0.1) is 0 Å². The molecule has 0 aliphatic carbocycles. The second kappa shape index (κ2) is 7.78. The fourth-order valence-electron chi connectivity index (χ4n) is 3.12. The molecule has 0 spiro atoms. The molecule has 0 fully saturated rings. The van der Waals surface area contributed by atoms with Gasteiger partial charge in [0.1, 0.15) is 0 Å². The molecule has 0 amide bonds. The van der Waals surface area contributed by atoms with Crippen molar-refractivity contribution >= 4 is 33.9 Å². The number of aromatic nitrogens is 1.